The van der Waals surface area contributed by atoms with Gasteiger partial charge in [-0.3, -0.25) is 0 Å². The highest BCUT2D eigenvalue weighted by Gasteiger charge is 1.99. The van der Waals surface area contributed by atoms with Gasteiger partial charge in [-0.05, 0) is 24.6 Å². The Balaban J connectivity index is 1.96. The summed E-state index contributed by atoms with van der Waals surface area (Å²) in [7, 11) is 0. The topological polar surface area (TPSA) is 48.1 Å². The summed E-state index contributed by atoms with van der Waals surface area (Å²) in [5.74, 6) is 0.828. The lowest BCUT2D eigenvalue weighted by molar-refractivity contribution is 0.309. The highest BCUT2D eigenvalue weighted by molar-refractivity contribution is 7.15. The van der Waals surface area contributed by atoms with Gasteiger partial charge < -0.3 is 10.5 Å². The quantitative estimate of drug-likeness (QED) is 0.862. The van der Waals surface area contributed by atoms with Crippen molar-refractivity contribution in [3.8, 4) is 5.75 Å². The molecule has 0 amide bonds. The van der Waals surface area contributed by atoms with E-state index in [1.165, 1.54) is 11.3 Å². The molecule has 0 aliphatic carbocycles. The largest absolute Gasteiger partial charge is 0.488 e. The molecule has 15 heavy (non-hydrogen) atoms. The van der Waals surface area contributed by atoms with Crippen LogP contribution in [0, 0.1) is 6.92 Å². The summed E-state index contributed by atoms with van der Waals surface area (Å²) < 4.78 is 5.55. The van der Waals surface area contributed by atoms with Crippen LogP contribution < -0.4 is 10.5 Å². The minimum absolute atomic E-state index is 0.505. The van der Waals surface area contributed by atoms with Crippen LogP contribution in [0.2, 0.25) is 0 Å². The van der Waals surface area contributed by atoms with Gasteiger partial charge in [-0.15, -0.1) is 0 Å². The molecule has 0 saturated heterocycles. The van der Waals surface area contributed by atoms with Crippen molar-refractivity contribution >= 4 is 16.5 Å². The molecule has 0 fully saturated rings. The fourth-order valence-corrected chi connectivity index (χ4v) is 1.73. The highest BCUT2D eigenvalue weighted by Crippen LogP contribution is 2.18. The zero-order chi connectivity index (χ0) is 10.7. The van der Waals surface area contributed by atoms with Crippen LogP contribution in [0.4, 0.5) is 5.13 Å². The van der Waals surface area contributed by atoms with Crippen LogP contribution in [-0.2, 0) is 6.61 Å². The number of nitrogen functional groups attached to an aromatic ring is 1. The van der Waals surface area contributed by atoms with Crippen molar-refractivity contribution in [3.63, 3.8) is 0 Å². The van der Waals surface area contributed by atoms with E-state index in [0.717, 1.165) is 16.2 Å². The number of hydrogen-bond donors (Lipinski definition) is 1. The van der Waals surface area contributed by atoms with E-state index in [0.29, 0.717) is 11.7 Å². The van der Waals surface area contributed by atoms with Crippen LogP contribution in [0.25, 0.3) is 0 Å². The maximum atomic E-state index is 5.55. The Kier molecular flexibility index (Phi) is 2.87. The molecule has 1 aromatic carbocycles. The average Bonchev–Trinajstić information content (AvgIpc) is 2.64. The normalized spacial score (nSPS) is 10.2. The first-order valence-electron chi connectivity index (χ1n) is 4.49. The van der Waals surface area contributed by atoms with E-state index in [1.807, 2.05) is 24.3 Å². The predicted molar refractivity (Wildman–Crippen MR) is 61.8 cm³/mol. The highest BCUT2D eigenvalue weighted by atomic mass is 32.1. The minimum atomic E-state index is 0.505. The maximum Gasteiger partial charge on any atom is 0.180 e. The smallest absolute Gasteiger partial charge is 0.180 e. The van der Waals surface area contributed by atoms with Crippen molar-refractivity contribution < 1.29 is 4.74 Å². The van der Waals surface area contributed by atoms with Gasteiger partial charge in [0, 0.05) is 6.20 Å². The van der Waals surface area contributed by atoms with Crippen molar-refractivity contribution in [1.82, 2.24) is 4.98 Å². The van der Waals surface area contributed by atoms with Gasteiger partial charge in [0.25, 0.3) is 0 Å². The van der Waals surface area contributed by atoms with Gasteiger partial charge in [0.2, 0.25) is 0 Å². The summed E-state index contributed by atoms with van der Waals surface area (Å²) in [6.07, 6.45) is 1.73. The predicted octanol–water partition coefficient (Wildman–Crippen LogP) is 2.49. The molecule has 1 heterocycles. The molecule has 1 aromatic heterocycles. The molecule has 77 valence electrons. The lowest BCUT2D eigenvalue weighted by Crippen LogP contribution is -1.92. The Labute approximate surface area is 92.5 Å². The molecule has 2 N–H and O–H groups in total. The number of aromatic nitrogens is 1. The van der Waals surface area contributed by atoms with Crippen LogP contribution in [-0.4, -0.2) is 4.98 Å². The third-order valence-corrected chi connectivity index (χ3v) is 2.68. The second-order valence-corrected chi connectivity index (χ2v) is 4.24. The zero-order valence-electron chi connectivity index (χ0n) is 8.14. The molecule has 0 aliphatic rings. The van der Waals surface area contributed by atoms with Crippen molar-refractivity contribution in [2.45, 2.75) is 6.61 Å². The van der Waals surface area contributed by atoms with E-state index in [4.69, 9.17) is 10.5 Å². The molecular formula is C11H11N2OS. The summed E-state index contributed by atoms with van der Waals surface area (Å²) in [6, 6.07) is 7.62. The number of anilines is 1. The Morgan fingerprint density at radius 2 is 2.07 bits per heavy atom. The van der Waals surface area contributed by atoms with Gasteiger partial charge >= 0.3 is 0 Å². The fourth-order valence-electron chi connectivity index (χ4n) is 1.13. The standard InChI is InChI=1S/C11H11N2OS/c1-8-2-4-9(5-3-8)14-7-10-6-13-11(12)15-10/h2-6H,1,7H2,(H2,12,13). The van der Waals surface area contributed by atoms with Crippen molar-refractivity contribution in [2.24, 2.45) is 0 Å². The second-order valence-electron chi connectivity index (χ2n) is 3.10. The van der Waals surface area contributed by atoms with Crippen molar-refractivity contribution in [1.29, 1.82) is 0 Å². The van der Waals surface area contributed by atoms with Gasteiger partial charge in [0.15, 0.2) is 5.13 Å². The van der Waals surface area contributed by atoms with Crippen molar-refractivity contribution in [2.75, 3.05) is 5.73 Å². The van der Waals surface area contributed by atoms with Crippen LogP contribution in [0.15, 0.2) is 30.5 Å². The van der Waals surface area contributed by atoms with Crippen LogP contribution in [0.3, 0.4) is 0 Å². The molecule has 0 spiro atoms. The lowest BCUT2D eigenvalue weighted by Gasteiger charge is -2.03. The van der Waals surface area contributed by atoms with E-state index < -0.39 is 0 Å². The molecule has 1 radical (unpaired) electrons. The summed E-state index contributed by atoms with van der Waals surface area (Å²) in [4.78, 5) is 4.97. The summed E-state index contributed by atoms with van der Waals surface area (Å²) >= 11 is 1.44. The summed E-state index contributed by atoms with van der Waals surface area (Å²) in [5.41, 5.74) is 6.49. The number of thiazole rings is 1. The van der Waals surface area contributed by atoms with E-state index in [9.17, 15) is 0 Å². The Morgan fingerprint density at radius 1 is 1.33 bits per heavy atom. The Morgan fingerprint density at radius 3 is 2.67 bits per heavy atom. The number of rotatable bonds is 3. The van der Waals surface area contributed by atoms with Gasteiger partial charge in [-0.25, -0.2) is 4.98 Å². The van der Waals surface area contributed by atoms with Crippen molar-refractivity contribution in [3.05, 3.63) is 47.8 Å². The van der Waals surface area contributed by atoms with Gasteiger partial charge in [0.05, 0.1) is 4.88 Å². The lowest BCUT2D eigenvalue weighted by atomic mass is 10.2. The molecule has 0 unspecified atom stereocenters. The van der Waals surface area contributed by atoms with Crippen LogP contribution in [0.1, 0.15) is 10.4 Å². The van der Waals surface area contributed by atoms with Gasteiger partial charge in [-0.1, -0.05) is 23.5 Å². The number of ether oxygens (including phenoxy) is 1. The molecule has 0 bridgehead atoms. The second kappa shape index (κ2) is 4.31. The van der Waals surface area contributed by atoms with Gasteiger partial charge in [-0.2, -0.15) is 0 Å². The number of nitrogens with two attached hydrogens (primary N) is 1. The maximum absolute atomic E-state index is 5.55. The SMILES string of the molecule is [CH2]c1ccc(OCc2cnc(N)s2)cc1. The van der Waals surface area contributed by atoms with Crippen LogP contribution in [0.5, 0.6) is 5.75 Å². The first-order chi connectivity index (χ1) is 7.24. The third-order valence-electron chi connectivity index (χ3n) is 1.88. The average molecular weight is 219 g/mol. The number of hydrogen-bond acceptors (Lipinski definition) is 4. The zero-order valence-corrected chi connectivity index (χ0v) is 8.96. The van der Waals surface area contributed by atoms with Crippen LogP contribution >= 0.6 is 11.3 Å². The number of nitrogens with zero attached hydrogens (tertiary/aromatic N) is 1. The first kappa shape index (κ1) is 9.98. The molecule has 0 atom stereocenters. The molecule has 3 nitrogen and oxygen atoms in total. The Hall–Kier alpha value is -1.55. The molecule has 4 heteroatoms. The fraction of sp³-hybridized carbons (Fsp3) is 0.0909. The van der Waals surface area contributed by atoms with Gasteiger partial charge in [0.1, 0.15) is 12.4 Å². The summed E-state index contributed by atoms with van der Waals surface area (Å²) in [6.45, 7) is 4.31. The first-order valence-corrected chi connectivity index (χ1v) is 5.31. The molecule has 0 aliphatic heterocycles. The molecular weight excluding hydrogens is 208 g/mol. The molecule has 2 rings (SSSR count). The molecule has 0 saturated carbocycles. The molecule has 2 aromatic rings. The van der Waals surface area contributed by atoms with E-state index in [-0.39, 0.29) is 0 Å². The monoisotopic (exact) mass is 219 g/mol. The third kappa shape index (κ3) is 2.70. The summed E-state index contributed by atoms with van der Waals surface area (Å²) in [5, 5.41) is 0.571. The minimum Gasteiger partial charge on any atom is -0.488 e. The Bertz CT molecular complexity index is 436. The van der Waals surface area contributed by atoms with E-state index >= 15 is 0 Å². The number of benzene rings is 1. The van der Waals surface area contributed by atoms with E-state index in [2.05, 4.69) is 11.9 Å². The van der Waals surface area contributed by atoms with E-state index in [1.54, 1.807) is 6.20 Å².